The minimum atomic E-state index is -3.79. The molecule has 6 nitrogen and oxygen atoms in total. The lowest BCUT2D eigenvalue weighted by Crippen LogP contribution is -2.13. The molecule has 0 atom stereocenters. The Morgan fingerprint density at radius 3 is 2.84 bits per heavy atom. The zero-order valence-corrected chi connectivity index (χ0v) is 15.9. The molecule has 1 aromatic carbocycles. The smallest absolute Gasteiger partial charge is 0.267 e. The van der Waals surface area contributed by atoms with Gasteiger partial charge in [-0.2, -0.15) is 5.10 Å². The van der Waals surface area contributed by atoms with Crippen LogP contribution in [0.1, 0.15) is 5.56 Å². The predicted octanol–water partition coefficient (Wildman–Crippen LogP) is 3.87. The van der Waals surface area contributed by atoms with Crippen LogP contribution in [0, 0.1) is 6.92 Å². The van der Waals surface area contributed by atoms with Crippen molar-refractivity contribution in [3.63, 3.8) is 0 Å². The lowest BCUT2D eigenvalue weighted by atomic mass is 10.2. The molecular weight excluding hydrogens is 376 g/mol. The quantitative estimate of drug-likeness (QED) is 0.574. The van der Waals surface area contributed by atoms with Crippen LogP contribution in [-0.4, -0.2) is 23.2 Å². The second-order valence-electron chi connectivity index (χ2n) is 5.59. The van der Waals surface area contributed by atoms with Crippen molar-refractivity contribution in [2.24, 2.45) is 7.05 Å². The molecule has 0 fully saturated rings. The van der Waals surface area contributed by atoms with Gasteiger partial charge in [-0.25, -0.2) is 13.4 Å². The summed E-state index contributed by atoms with van der Waals surface area (Å²) in [5.74, 6) is 0. The lowest BCUT2D eigenvalue weighted by Gasteiger charge is -2.04. The molecule has 128 valence electrons. The molecule has 0 amide bonds. The maximum absolute atomic E-state index is 12.9. The summed E-state index contributed by atoms with van der Waals surface area (Å²) in [5, 5.41) is 6.55. The molecule has 3 heterocycles. The Bertz CT molecular complexity index is 1160. The van der Waals surface area contributed by atoms with E-state index >= 15 is 0 Å². The molecule has 0 unspecified atom stereocenters. The van der Waals surface area contributed by atoms with E-state index in [1.165, 1.54) is 33.6 Å². The zero-order chi connectivity index (χ0) is 17.6. The number of nitrogens with zero attached hydrogens (tertiary/aromatic N) is 3. The van der Waals surface area contributed by atoms with Crippen LogP contribution in [0.25, 0.3) is 20.8 Å². The summed E-state index contributed by atoms with van der Waals surface area (Å²) in [5.41, 5.74) is 2.33. The molecule has 4 rings (SSSR count). The zero-order valence-electron chi connectivity index (χ0n) is 13.4. The van der Waals surface area contributed by atoms with Gasteiger partial charge < -0.3 is 0 Å². The number of benzene rings is 1. The number of aryl methyl sites for hydroxylation is 2. The standard InChI is InChI=1S/C16H14N4O2S3/c1-10-5-6-11-13(8-10)24-16(17-11)19-25(21,22)14-9-20(2)18-15(14)12-4-3-7-23-12/h3-9H,1-2H3,(H,17,19). The second kappa shape index (κ2) is 5.94. The van der Waals surface area contributed by atoms with Gasteiger partial charge in [-0.3, -0.25) is 9.40 Å². The average molecular weight is 391 g/mol. The van der Waals surface area contributed by atoms with Gasteiger partial charge in [-0.05, 0) is 36.1 Å². The number of rotatable bonds is 4. The van der Waals surface area contributed by atoms with Crippen molar-refractivity contribution < 1.29 is 8.42 Å². The van der Waals surface area contributed by atoms with E-state index in [-0.39, 0.29) is 4.90 Å². The minimum Gasteiger partial charge on any atom is -0.274 e. The summed E-state index contributed by atoms with van der Waals surface area (Å²) in [4.78, 5) is 5.32. The van der Waals surface area contributed by atoms with Gasteiger partial charge in [0.15, 0.2) is 5.13 Å². The van der Waals surface area contributed by atoms with E-state index in [1.54, 1.807) is 7.05 Å². The second-order valence-corrected chi connectivity index (χ2v) is 9.22. The molecule has 3 aromatic heterocycles. The predicted molar refractivity (Wildman–Crippen MR) is 102 cm³/mol. The monoisotopic (exact) mass is 390 g/mol. The molecule has 0 aliphatic heterocycles. The van der Waals surface area contributed by atoms with Crippen molar-refractivity contribution in [3.8, 4) is 10.6 Å². The topological polar surface area (TPSA) is 76.9 Å². The maximum Gasteiger partial charge on any atom is 0.267 e. The number of sulfonamides is 1. The van der Waals surface area contributed by atoms with Crippen molar-refractivity contribution >= 4 is 48.0 Å². The van der Waals surface area contributed by atoms with E-state index in [1.807, 2.05) is 42.6 Å². The third-order valence-corrected chi connectivity index (χ3v) is 6.88. The number of aromatic nitrogens is 3. The first-order chi connectivity index (χ1) is 11.9. The highest BCUT2D eigenvalue weighted by Crippen LogP contribution is 2.32. The van der Waals surface area contributed by atoms with Crippen LogP contribution < -0.4 is 4.72 Å². The van der Waals surface area contributed by atoms with Crippen LogP contribution in [0.15, 0.2) is 46.8 Å². The molecule has 9 heteroatoms. The number of hydrogen-bond donors (Lipinski definition) is 1. The first-order valence-corrected chi connectivity index (χ1v) is 10.6. The SMILES string of the molecule is Cc1ccc2nc(NS(=O)(=O)c3cn(C)nc3-c3cccs3)sc2c1. The number of thiazole rings is 1. The summed E-state index contributed by atoms with van der Waals surface area (Å²) < 4.78 is 30.8. The molecule has 0 saturated carbocycles. The van der Waals surface area contributed by atoms with E-state index in [9.17, 15) is 8.42 Å². The molecule has 0 aliphatic rings. The normalized spacial score (nSPS) is 11.9. The van der Waals surface area contributed by atoms with Gasteiger partial charge in [0.25, 0.3) is 10.0 Å². The van der Waals surface area contributed by atoms with Crippen molar-refractivity contribution in [1.29, 1.82) is 0 Å². The molecule has 0 radical (unpaired) electrons. The molecular formula is C16H14N4O2S3. The Morgan fingerprint density at radius 1 is 1.24 bits per heavy atom. The summed E-state index contributed by atoms with van der Waals surface area (Å²) in [6, 6.07) is 9.56. The van der Waals surface area contributed by atoms with Crippen molar-refractivity contribution in [1.82, 2.24) is 14.8 Å². The summed E-state index contributed by atoms with van der Waals surface area (Å²) in [7, 11) is -2.08. The van der Waals surface area contributed by atoms with Crippen LogP contribution in [-0.2, 0) is 17.1 Å². The maximum atomic E-state index is 12.9. The molecule has 0 spiro atoms. The fourth-order valence-corrected chi connectivity index (χ4v) is 5.67. The van der Waals surface area contributed by atoms with E-state index in [0.717, 1.165) is 20.7 Å². The molecule has 0 aliphatic carbocycles. The number of fused-ring (bicyclic) bond motifs is 1. The first-order valence-electron chi connectivity index (χ1n) is 7.40. The van der Waals surface area contributed by atoms with Gasteiger partial charge in [-0.1, -0.05) is 23.5 Å². The Kier molecular flexibility index (Phi) is 3.86. The van der Waals surface area contributed by atoms with E-state index < -0.39 is 10.0 Å². The van der Waals surface area contributed by atoms with Crippen LogP contribution in [0.2, 0.25) is 0 Å². The van der Waals surface area contributed by atoms with Crippen LogP contribution >= 0.6 is 22.7 Å². The van der Waals surface area contributed by atoms with Crippen LogP contribution in [0.4, 0.5) is 5.13 Å². The van der Waals surface area contributed by atoms with Gasteiger partial charge >= 0.3 is 0 Å². The molecule has 0 saturated heterocycles. The van der Waals surface area contributed by atoms with Gasteiger partial charge in [0, 0.05) is 13.2 Å². The Morgan fingerprint density at radius 2 is 2.08 bits per heavy atom. The van der Waals surface area contributed by atoms with Crippen molar-refractivity contribution in [2.45, 2.75) is 11.8 Å². The Labute approximate surface area is 152 Å². The number of thiophene rings is 1. The third-order valence-electron chi connectivity index (χ3n) is 3.60. The van der Waals surface area contributed by atoms with Gasteiger partial charge in [-0.15, -0.1) is 11.3 Å². The summed E-state index contributed by atoms with van der Waals surface area (Å²) >= 11 is 2.77. The van der Waals surface area contributed by atoms with Crippen molar-refractivity contribution in [2.75, 3.05) is 4.72 Å². The molecule has 1 N–H and O–H groups in total. The first kappa shape index (κ1) is 16.2. The lowest BCUT2D eigenvalue weighted by molar-refractivity contribution is 0.601. The minimum absolute atomic E-state index is 0.146. The van der Waals surface area contributed by atoms with Crippen LogP contribution in [0.3, 0.4) is 0 Å². The Balaban J connectivity index is 1.74. The highest BCUT2D eigenvalue weighted by molar-refractivity contribution is 7.93. The highest BCUT2D eigenvalue weighted by atomic mass is 32.2. The third kappa shape index (κ3) is 3.06. The van der Waals surface area contributed by atoms with Crippen molar-refractivity contribution in [3.05, 3.63) is 47.5 Å². The largest absolute Gasteiger partial charge is 0.274 e. The summed E-state index contributed by atoms with van der Waals surface area (Å²) in [6.45, 7) is 1.99. The number of nitrogens with one attached hydrogen (secondary N) is 1. The van der Waals surface area contributed by atoms with Gasteiger partial charge in [0.05, 0.1) is 15.1 Å². The Hall–Kier alpha value is -2.23. The number of anilines is 1. The average Bonchev–Trinajstić information content (AvgIpc) is 3.24. The molecule has 4 aromatic rings. The van der Waals surface area contributed by atoms with Gasteiger partial charge in [0.2, 0.25) is 0 Å². The summed E-state index contributed by atoms with van der Waals surface area (Å²) in [6.07, 6.45) is 1.51. The highest BCUT2D eigenvalue weighted by Gasteiger charge is 2.25. The van der Waals surface area contributed by atoms with E-state index in [4.69, 9.17) is 0 Å². The van der Waals surface area contributed by atoms with E-state index in [0.29, 0.717) is 10.8 Å². The van der Waals surface area contributed by atoms with E-state index in [2.05, 4.69) is 14.8 Å². The molecule has 25 heavy (non-hydrogen) atoms. The fourth-order valence-electron chi connectivity index (χ4n) is 2.49. The number of hydrogen-bond acceptors (Lipinski definition) is 6. The fraction of sp³-hybridized carbons (Fsp3) is 0.125. The van der Waals surface area contributed by atoms with Crippen LogP contribution in [0.5, 0.6) is 0 Å². The van der Waals surface area contributed by atoms with Gasteiger partial charge in [0.1, 0.15) is 10.6 Å². The molecule has 0 bridgehead atoms.